The minimum absolute atomic E-state index is 0.182. The predicted molar refractivity (Wildman–Crippen MR) is 75.8 cm³/mol. The Bertz CT molecular complexity index is 373. The molecule has 1 N–H and O–H groups in total. The quantitative estimate of drug-likeness (QED) is 0.778. The molecule has 1 atom stereocenters. The number of ether oxygens (including phenoxy) is 1. The molecule has 19 heavy (non-hydrogen) atoms. The van der Waals surface area contributed by atoms with Gasteiger partial charge in [0.05, 0.1) is 6.61 Å². The summed E-state index contributed by atoms with van der Waals surface area (Å²) in [5.74, 6) is 0.895. The molecule has 1 aromatic rings. The van der Waals surface area contributed by atoms with Crippen molar-refractivity contribution in [1.82, 2.24) is 5.32 Å². The standard InChI is InChI=1S/C16H24FNO/c1-12(2)18-9-15(11-19-10-13-3-4-13)14-5-7-16(17)8-6-14/h5-8,12-13,15,18H,3-4,9-11H2,1-2H3. The average molecular weight is 265 g/mol. The van der Waals surface area contributed by atoms with Gasteiger partial charge in [-0.3, -0.25) is 0 Å². The molecule has 0 aromatic heterocycles. The van der Waals surface area contributed by atoms with Gasteiger partial charge in [-0.2, -0.15) is 0 Å². The molecule has 1 aliphatic carbocycles. The van der Waals surface area contributed by atoms with Gasteiger partial charge in [0.1, 0.15) is 5.82 Å². The van der Waals surface area contributed by atoms with Crippen LogP contribution >= 0.6 is 0 Å². The van der Waals surface area contributed by atoms with Crippen molar-refractivity contribution in [3.63, 3.8) is 0 Å². The topological polar surface area (TPSA) is 21.3 Å². The monoisotopic (exact) mass is 265 g/mol. The zero-order chi connectivity index (χ0) is 13.7. The summed E-state index contributed by atoms with van der Waals surface area (Å²) in [6.45, 7) is 6.72. The van der Waals surface area contributed by atoms with E-state index in [0.717, 1.165) is 24.6 Å². The Morgan fingerprint density at radius 2 is 1.95 bits per heavy atom. The van der Waals surface area contributed by atoms with Gasteiger partial charge in [-0.15, -0.1) is 0 Å². The van der Waals surface area contributed by atoms with E-state index in [1.54, 1.807) is 0 Å². The molecule has 2 rings (SSSR count). The number of halogens is 1. The lowest BCUT2D eigenvalue weighted by Gasteiger charge is -2.20. The second-order valence-corrected chi connectivity index (χ2v) is 5.79. The van der Waals surface area contributed by atoms with Crippen molar-refractivity contribution >= 4 is 0 Å². The van der Waals surface area contributed by atoms with Crippen LogP contribution in [0.2, 0.25) is 0 Å². The molecule has 0 heterocycles. The SMILES string of the molecule is CC(C)NCC(COCC1CC1)c1ccc(F)cc1. The van der Waals surface area contributed by atoms with Crippen molar-refractivity contribution in [2.75, 3.05) is 19.8 Å². The fraction of sp³-hybridized carbons (Fsp3) is 0.625. The summed E-state index contributed by atoms with van der Waals surface area (Å²) in [7, 11) is 0. The van der Waals surface area contributed by atoms with Crippen molar-refractivity contribution < 1.29 is 9.13 Å². The molecule has 1 aromatic carbocycles. The summed E-state index contributed by atoms with van der Waals surface area (Å²) < 4.78 is 18.8. The summed E-state index contributed by atoms with van der Waals surface area (Å²) in [5, 5.41) is 3.44. The highest BCUT2D eigenvalue weighted by molar-refractivity contribution is 5.21. The molecule has 0 aliphatic heterocycles. The molecular weight excluding hydrogens is 241 g/mol. The first-order valence-corrected chi connectivity index (χ1v) is 7.21. The minimum atomic E-state index is -0.182. The maximum atomic E-state index is 13.0. The smallest absolute Gasteiger partial charge is 0.123 e. The molecule has 0 bridgehead atoms. The Kier molecular flexibility index (Phi) is 5.34. The van der Waals surface area contributed by atoms with Gasteiger partial charge in [-0.25, -0.2) is 4.39 Å². The van der Waals surface area contributed by atoms with Crippen molar-refractivity contribution in [3.05, 3.63) is 35.6 Å². The normalized spacial score (nSPS) is 16.8. The lowest BCUT2D eigenvalue weighted by Crippen LogP contribution is -2.30. The van der Waals surface area contributed by atoms with E-state index in [0.29, 0.717) is 18.6 Å². The van der Waals surface area contributed by atoms with Gasteiger partial charge in [0.15, 0.2) is 0 Å². The first kappa shape index (κ1) is 14.5. The molecule has 0 radical (unpaired) electrons. The summed E-state index contributed by atoms with van der Waals surface area (Å²) in [6.07, 6.45) is 2.62. The van der Waals surface area contributed by atoms with Crippen LogP contribution in [-0.2, 0) is 4.74 Å². The molecule has 2 nitrogen and oxygen atoms in total. The Balaban J connectivity index is 1.88. The summed E-state index contributed by atoms with van der Waals surface area (Å²) in [4.78, 5) is 0. The highest BCUT2D eigenvalue weighted by atomic mass is 19.1. The fourth-order valence-electron chi connectivity index (χ4n) is 2.05. The van der Waals surface area contributed by atoms with Gasteiger partial charge >= 0.3 is 0 Å². The van der Waals surface area contributed by atoms with Crippen molar-refractivity contribution in [3.8, 4) is 0 Å². The number of nitrogens with one attached hydrogen (secondary N) is 1. The summed E-state index contributed by atoms with van der Waals surface area (Å²) >= 11 is 0. The van der Waals surface area contributed by atoms with Gasteiger partial charge in [0.25, 0.3) is 0 Å². The Morgan fingerprint density at radius 3 is 2.53 bits per heavy atom. The number of rotatable bonds is 8. The van der Waals surface area contributed by atoms with Crippen LogP contribution in [0.4, 0.5) is 4.39 Å². The van der Waals surface area contributed by atoms with Gasteiger partial charge in [0, 0.05) is 25.1 Å². The molecule has 0 amide bonds. The van der Waals surface area contributed by atoms with Crippen LogP contribution in [0.15, 0.2) is 24.3 Å². The van der Waals surface area contributed by atoms with E-state index in [9.17, 15) is 4.39 Å². The van der Waals surface area contributed by atoms with E-state index in [4.69, 9.17) is 4.74 Å². The summed E-state index contributed by atoms with van der Waals surface area (Å²) in [5.41, 5.74) is 1.14. The molecule has 1 unspecified atom stereocenters. The van der Waals surface area contributed by atoms with E-state index in [1.165, 1.54) is 25.0 Å². The lowest BCUT2D eigenvalue weighted by atomic mass is 9.99. The molecule has 1 aliphatic rings. The zero-order valence-corrected chi connectivity index (χ0v) is 11.9. The van der Waals surface area contributed by atoms with Gasteiger partial charge < -0.3 is 10.1 Å². The Labute approximate surface area is 115 Å². The molecule has 1 fully saturated rings. The van der Waals surface area contributed by atoms with E-state index in [1.807, 2.05) is 12.1 Å². The summed E-state index contributed by atoms with van der Waals surface area (Å²) in [6, 6.07) is 7.23. The highest BCUT2D eigenvalue weighted by Gasteiger charge is 2.22. The van der Waals surface area contributed by atoms with Crippen LogP contribution in [0.5, 0.6) is 0 Å². The number of hydrogen-bond donors (Lipinski definition) is 1. The largest absolute Gasteiger partial charge is 0.380 e. The van der Waals surface area contributed by atoms with E-state index < -0.39 is 0 Å². The molecule has 0 spiro atoms. The van der Waals surface area contributed by atoms with Crippen LogP contribution in [0.25, 0.3) is 0 Å². The number of benzene rings is 1. The molecule has 3 heteroatoms. The Hall–Kier alpha value is -0.930. The predicted octanol–water partition coefficient (Wildman–Crippen LogP) is 3.33. The third-order valence-corrected chi connectivity index (χ3v) is 3.48. The van der Waals surface area contributed by atoms with Crippen LogP contribution in [0.3, 0.4) is 0 Å². The fourth-order valence-corrected chi connectivity index (χ4v) is 2.05. The van der Waals surface area contributed by atoms with Crippen molar-refractivity contribution in [2.24, 2.45) is 5.92 Å². The van der Waals surface area contributed by atoms with E-state index in [2.05, 4.69) is 19.2 Å². The van der Waals surface area contributed by atoms with Crippen LogP contribution < -0.4 is 5.32 Å². The average Bonchev–Trinajstić information content (AvgIpc) is 3.18. The van der Waals surface area contributed by atoms with Crippen molar-refractivity contribution in [1.29, 1.82) is 0 Å². The number of hydrogen-bond acceptors (Lipinski definition) is 2. The Morgan fingerprint density at radius 1 is 1.26 bits per heavy atom. The maximum absolute atomic E-state index is 13.0. The van der Waals surface area contributed by atoms with Crippen LogP contribution in [-0.4, -0.2) is 25.8 Å². The molecule has 106 valence electrons. The maximum Gasteiger partial charge on any atom is 0.123 e. The second kappa shape index (κ2) is 7.01. The first-order valence-electron chi connectivity index (χ1n) is 7.21. The minimum Gasteiger partial charge on any atom is -0.380 e. The third-order valence-electron chi connectivity index (χ3n) is 3.48. The van der Waals surface area contributed by atoms with Crippen LogP contribution in [0, 0.1) is 11.7 Å². The van der Waals surface area contributed by atoms with E-state index >= 15 is 0 Å². The van der Waals surface area contributed by atoms with Gasteiger partial charge in [0.2, 0.25) is 0 Å². The van der Waals surface area contributed by atoms with Crippen LogP contribution in [0.1, 0.15) is 38.2 Å². The van der Waals surface area contributed by atoms with Gasteiger partial charge in [-0.05, 0) is 36.5 Å². The van der Waals surface area contributed by atoms with E-state index in [-0.39, 0.29) is 5.82 Å². The molecule has 1 saturated carbocycles. The molecule has 0 saturated heterocycles. The second-order valence-electron chi connectivity index (χ2n) is 5.79. The molecular formula is C16H24FNO. The third kappa shape index (κ3) is 5.29. The first-order chi connectivity index (χ1) is 9.15. The van der Waals surface area contributed by atoms with Gasteiger partial charge in [-0.1, -0.05) is 26.0 Å². The van der Waals surface area contributed by atoms with Crippen molar-refractivity contribution in [2.45, 2.75) is 38.6 Å². The highest BCUT2D eigenvalue weighted by Crippen LogP contribution is 2.29. The zero-order valence-electron chi connectivity index (χ0n) is 11.9. The lowest BCUT2D eigenvalue weighted by molar-refractivity contribution is 0.110.